The van der Waals surface area contributed by atoms with E-state index in [1.807, 2.05) is 6.92 Å². The SMILES string of the molecule is Cc1nc2n(n1)CC(NCC(C)C)CC2. The Morgan fingerprint density at radius 2 is 2.33 bits per heavy atom. The predicted octanol–water partition coefficient (Wildman–Crippen LogP) is 1.15. The van der Waals surface area contributed by atoms with Crippen molar-refractivity contribution in [1.82, 2.24) is 20.1 Å². The van der Waals surface area contributed by atoms with Crippen molar-refractivity contribution in [3.8, 4) is 0 Å². The molecule has 0 bridgehead atoms. The number of nitrogens with one attached hydrogen (secondary N) is 1. The zero-order valence-corrected chi connectivity index (χ0v) is 9.82. The van der Waals surface area contributed by atoms with Gasteiger partial charge in [-0.3, -0.25) is 0 Å². The van der Waals surface area contributed by atoms with Gasteiger partial charge < -0.3 is 5.32 Å². The lowest BCUT2D eigenvalue weighted by Crippen LogP contribution is -2.39. The summed E-state index contributed by atoms with van der Waals surface area (Å²) in [6.45, 7) is 8.50. The first-order chi connectivity index (χ1) is 7.15. The monoisotopic (exact) mass is 208 g/mol. The van der Waals surface area contributed by atoms with E-state index in [2.05, 4.69) is 33.9 Å². The summed E-state index contributed by atoms with van der Waals surface area (Å²) in [7, 11) is 0. The highest BCUT2D eigenvalue weighted by Crippen LogP contribution is 2.12. The Balaban J connectivity index is 1.93. The minimum Gasteiger partial charge on any atom is -0.312 e. The van der Waals surface area contributed by atoms with Crippen molar-refractivity contribution in [2.24, 2.45) is 5.92 Å². The van der Waals surface area contributed by atoms with Gasteiger partial charge in [-0.05, 0) is 25.8 Å². The molecule has 1 atom stereocenters. The maximum Gasteiger partial charge on any atom is 0.147 e. The summed E-state index contributed by atoms with van der Waals surface area (Å²) in [4.78, 5) is 4.40. The Bertz CT molecular complexity index is 329. The lowest BCUT2D eigenvalue weighted by atomic mass is 10.1. The van der Waals surface area contributed by atoms with Crippen LogP contribution in [0.3, 0.4) is 0 Å². The molecule has 1 aromatic heterocycles. The van der Waals surface area contributed by atoms with Gasteiger partial charge in [0, 0.05) is 12.5 Å². The molecular weight excluding hydrogens is 188 g/mol. The molecule has 0 fully saturated rings. The Morgan fingerprint density at radius 3 is 3.07 bits per heavy atom. The summed E-state index contributed by atoms with van der Waals surface area (Å²) in [5.74, 6) is 2.76. The zero-order valence-electron chi connectivity index (χ0n) is 9.82. The molecule has 4 nitrogen and oxygen atoms in total. The van der Waals surface area contributed by atoms with Crippen LogP contribution in [0, 0.1) is 12.8 Å². The normalized spacial score (nSPS) is 20.7. The summed E-state index contributed by atoms with van der Waals surface area (Å²) >= 11 is 0. The summed E-state index contributed by atoms with van der Waals surface area (Å²) in [5, 5.41) is 7.98. The van der Waals surface area contributed by atoms with E-state index in [-0.39, 0.29) is 0 Å². The fourth-order valence-electron chi connectivity index (χ4n) is 2.00. The standard InChI is InChI=1S/C11H20N4/c1-8(2)6-12-10-4-5-11-13-9(3)14-15(11)7-10/h8,10,12H,4-7H2,1-3H3. The molecular formula is C11H20N4. The minimum atomic E-state index is 0.570. The van der Waals surface area contributed by atoms with Crippen LogP contribution >= 0.6 is 0 Å². The van der Waals surface area contributed by atoms with Gasteiger partial charge in [-0.2, -0.15) is 5.10 Å². The van der Waals surface area contributed by atoms with E-state index >= 15 is 0 Å². The Hall–Kier alpha value is -0.900. The topological polar surface area (TPSA) is 42.7 Å². The van der Waals surface area contributed by atoms with Crippen LogP contribution < -0.4 is 5.32 Å². The molecule has 1 aliphatic heterocycles. The van der Waals surface area contributed by atoms with E-state index < -0.39 is 0 Å². The molecule has 0 amide bonds. The van der Waals surface area contributed by atoms with Crippen LogP contribution in [0.25, 0.3) is 0 Å². The van der Waals surface area contributed by atoms with Gasteiger partial charge in [0.2, 0.25) is 0 Å². The first-order valence-corrected chi connectivity index (χ1v) is 5.79. The van der Waals surface area contributed by atoms with E-state index in [1.165, 1.54) is 6.42 Å². The summed E-state index contributed by atoms with van der Waals surface area (Å²) in [6, 6.07) is 0.570. The number of rotatable bonds is 3. The van der Waals surface area contributed by atoms with Gasteiger partial charge in [0.1, 0.15) is 11.6 Å². The first-order valence-electron chi connectivity index (χ1n) is 5.79. The van der Waals surface area contributed by atoms with E-state index in [9.17, 15) is 0 Å². The fourth-order valence-corrected chi connectivity index (χ4v) is 2.00. The molecule has 0 saturated heterocycles. The predicted molar refractivity (Wildman–Crippen MR) is 59.7 cm³/mol. The molecule has 1 N–H and O–H groups in total. The molecule has 1 unspecified atom stereocenters. The average Bonchev–Trinajstić information content (AvgIpc) is 2.53. The first kappa shape index (κ1) is 10.6. The van der Waals surface area contributed by atoms with Crippen LogP contribution in [0.15, 0.2) is 0 Å². The molecule has 2 rings (SSSR count). The Labute approximate surface area is 91.1 Å². The second-order valence-corrected chi connectivity index (χ2v) is 4.80. The Kier molecular flexibility index (Phi) is 3.05. The van der Waals surface area contributed by atoms with Crippen LogP contribution in [0.2, 0.25) is 0 Å². The van der Waals surface area contributed by atoms with Crippen LogP contribution in [0.4, 0.5) is 0 Å². The molecule has 84 valence electrons. The minimum absolute atomic E-state index is 0.570. The van der Waals surface area contributed by atoms with Gasteiger partial charge in [0.25, 0.3) is 0 Å². The number of nitrogens with zero attached hydrogens (tertiary/aromatic N) is 3. The highest BCUT2D eigenvalue weighted by molar-refractivity contribution is 4.96. The van der Waals surface area contributed by atoms with Gasteiger partial charge in [0.15, 0.2) is 0 Å². The Morgan fingerprint density at radius 1 is 1.53 bits per heavy atom. The molecule has 0 radical (unpaired) electrons. The van der Waals surface area contributed by atoms with Crippen LogP contribution in [-0.4, -0.2) is 27.4 Å². The van der Waals surface area contributed by atoms with Crippen molar-refractivity contribution >= 4 is 0 Å². The maximum absolute atomic E-state index is 4.40. The molecule has 2 heterocycles. The number of aromatic nitrogens is 3. The van der Waals surface area contributed by atoms with Crippen LogP contribution in [0.1, 0.15) is 31.9 Å². The van der Waals surface area contributed by atoms with Crippen molar-refractivity contribution in [3.63, 3.8) is 0 Å². The van der Waals surface area contributed by atoms with E-state index in [1.54, 1.807) is 0 Å². The van der Waals surface area contributed by atoms with Gasteiger partial charge in [-0.1, -0.05) is 13.8 Å². The maximum atomic E-state index is 4.40. The van der Waals surface area contributed by atoms with Crippen molar-refractivity contribution in [3.05, 3.63) is 11.6 Å². The van der Waals surface area contributed by atoms with Gasteiger partial charge in [0.05, 0.1) is 6.54 Å². The van der Waals surface area contributed by atoms with Crippen molar-refractivity contribution in [1.29, 1.82) is 0 Å². The number of aryl methyl sites for hydroxylation is 2. The van der Waals surface area contributed by atoms with Gasteiger partial charge in [-0.15, -0.1) is 0 Å². The fraction of sp³-hybridized carbons (Fsp3) is 0.818. The zero-order chi connectivity index (χ0) is 10.8. The van der Waals surface area contributed by atoms with Crippen molar-refractivity contribution in [2.75, 3.05) is 6.54 Å². The third-order valence-corrected chi connectivity index (χ3v) is 2.78. The van der Waals surface area contributed by atoms with Gasteiger partial charge in [-0.25, -0.2) is 9.67 Å². The molecule has 1 aliphatic rings. The molecule has 0 spiro atoms. The highest BCUT2D eigenvalue weighted by Gasteiger charge is 2.20. The molecule has 0 saturated carbocycles. The van der Waals surface area contributed by atoms with E-state index in [0.717, 1.165) is 31.2 Å². The number of fused-ring (bicyclic) bond motifs is 1. The molecule has 4 heteroatoms. The highest BCUT2D eigenvalue weighted by atomic mass is 15.4. The second-order valence-electron chi connectivity index (χ2n) is 4.80. The lowest BCUT2D eigenvalue weighted by molar-refractivity contribution is 0.345. The average molecular weight is 208 g/mol. The van der Waals surface area contributed by atoms with Crippen molar-refractivity contribution < 1.29 is 0 Å². The quantitative estimate of drug-likeness (QED) is 0.810. The summed E-state index contributed by atoms with van der Waals surface area (Å²) < 4.78 is 2.05. The van der Waals surface area contributed by atoms with E-state index in [0.29, 0.717) is 12.0 Å². The largest absolute Gasteiger partial charge is 0.312 e. The molecule has 0 aliphatic carbocycles. The van der Waals surface area contributed by atoms with Gasteiger partial charge >= 0.3 is 0 Å². The smallest absolute Gasteiger partial charge is 0.147 e. The van der Waals surface area contributed by atoms with Crippen LogP contribution in [0.5, 0.6) is 0 Å². The third-order valence-electron chi connectivity index (χ3n) is 2.78. The van der Waals surface area contributed by atoms with Crippen molar-refractivity contribution in [2.45, 2.75) is 46.2 Å². The number of hydrogen-bond donors (Lipinski definition) is 1. The third kappa shape index (κ3) is 2.56. The summed E-state index contributed by atoms with van der Waals surface area (Å²) in [5.41, 5.74) is 0. The summed E-state index contributed by atoms with van der Waals surface area (Å²) in [6.07, 6.45) is 2.24. The van der Waals surface area contributed by atoms with E-state index in [4.69, 9.17) is 0 Å². The lowest BCUT2D eigenvalue weighted by Gasteiger charge is -2.24. The molecule has 0 aromatic carbocycles. The number of hydrogen-bond acceptors (Lipinski definition) is 3. The van der Waals surface area contributed by atoms with Crippen LogP contribution in [-0.2, 0) is 13.0 Å². The molecule has 1 aromatic rings. The molecule has 15 heavy (non-hydrogen) atoms. The second kappa shape index (κ2) is 4.31.